The maximum atomic E-state index is 11.8. The molecule has 0 aromatic rings. The molecule has 0 aliphatic heterocycles. The molecule has 6 nitrogen and oxygen atoms in total. The second-order valence-electron chi connectivity index (χ2n) is 2.60. The molecule has 0 bridgehead atoms. The van der Waals surface area contributed by atoms with Gasteiger partial charge in [0.15, 0.2) is 0 Å². The molecule has 0 radical (unpaired) electrons. The molecule has 0 amide bonds. The van der Waals surface area contributed by atoms with Crippen molar-refractivity contribution in [1.29, 1.82) is 0 Å². The quantitative estimate of drug-likeness (QED) is 0.285. The highest BCUT2D eigenvalue weighted by Crippen LogP contribution is 2.50. The number of rotatable bonds is 8. The Balaban J connectivity index is 4.33. The van der Waals surface area contributed by atoms with Gasteiger partial charge < -0.3 is 4.74 Å². The lowest BCUT2D eigenvalue weighted by atomic mass is 10.6. The SMILES string of the molecule is C=CC(=O)OC(C)OP(=O)(OCC)OCC. The highest BCUT2D eigenvalue weighted by Gasteiger charge is 2.29. The van der Waals surface area contributed by atoms with Crippen molar-refractivity contribution < 1.29 is 27.7 Å². The van der Waals surface area contributed by atoms with Crippen LogP contribution in [-0.4, -0.2) is 25.5 Å². The zero-order valence-electron chi connectivity index (χ0n) is 9.67. The molecule has 0 aliphatic carbocycles. The van der Waals surface area contributed by atoms with E-state index in [2.05, 4.69) is 11.3 Å². The van der Waals surface area contributed by atoms with Crippen LogP contribution in [0.25, 0.3) is 0 Å². The molecule has 1 unspecified atom stereocenters. The predicted molar refractivity (Wildman–Crippen MR) is 57.7 cm³/mol. The molecule has 0 heterocycles. The van der Waals surface area contributed by atoms with Crippen molar-refractivity contribution in [2.75, 3.05) is 13.2 Å². The Labute approximate surface area is 95.1 Å². The van der Waals surface area contributed by atoms with Crippen molar-refractivity contribution in [3.05, 3.63) is 12.7 Å². The van der Waals surface area contributed by atoms with E-state index in [-0.39, 0.29) is 13.2 Å². The van der Waals surface area contributed by atoms with Gasteiger partial charge in [0.2, 0.25) is 6.29 Å². The molecule has 0 spiro atoms. The van der Waals surface area contributed by atoms with Gasteiger partial charge in [-0.05, 0) is 20.8 Å². The second-order valence-corrected chi connectivity index (χ2v) is 4.22. The van der Waals surface area contributed by atoms with E-state index in [0.29, 0.717) is 0 Å². The van der Waals surface area contributed by atoms with Crippen molar-refractivity contribution in [3.8, 4) is 0 Å². The Morgan fingerprint density at radius 3 is 2.25 bits per heavy atom. The maximum absolute atomic E-state index is 11.8. The van der Waals surface area contributed by atoms with E-state index in [1.165, 1.54) is 6.92 Å². The van der Waals surface area contributed by atoms with E-state index < -0.39 is 20.1 Å². The molecule has 0 saturated carbocycles. The van der Waals surface area contributed by atoms with Crippen molar-refractivity contribution in [1.82, 2.24) is 0 Å². The summed E-state index contributed by atoms with van der Waals surface area (Å²) in [6.45, 7) is 8.26. The number of carbonyl (C=O) groups excluding carboxylic acids is 1. The minimum Gasteiger partial charge on any atom is -0.432 e. The van der Waals surface area contributed by atoms with Crippen LogP contribution in [0.15, 0.2) is 12.7 Å². The van der Waals surface area contributed by atoms with E-state index in [1.807, 2.05) is 0 Å². The molecule has 0 fully saturated rings. The van der Waals surface area contributed by atoms with Crippen LogP contribution in [-0.2, 0) is 27.7 Å². The summed E-state index contributed by atoms with van der Waals surface area (Å²) in [5, 5.41) is 0. The van der Waals surface area contributed by atoms with Gasteiger partial charge in [-0.15, -0.1) is 0 Å². The summed E-state index contributed by atoms with van der Waals surface area (Å²) in [4.78, 5) is 10.8. The first-order valence-electron chi connectivity index (χ1n) is 4.88. The number of carbonyl (C=O) groups is 1. The van der Waals surface area contributed by atoms with Crippen LogP contribution < -0.4 is 0 Å². The van der Waals surface area contributed by atoms with Crippen LogP contribution in [0.4, 0.5) is 0 Å². The highest BCUT2D eigenvalue weighted by atomic mass is 31.2. The Kier molecular flexibility index (Phi) is 7.25. The number of esters is 1. The first kappa shape index (κ1) is 15.3. The molecule has 1 atom stereocenters. The van der Waals surface area contributed by atoms with Crippen LogP contribution in [0.3, 0.4) is 0 Å². The number of phosphoric acid groups is 1. The fraction of sp³-hybridized carbons (Fsp3) is 0.667. The topological polar surface area (TPSA) is 71.1 Å². The summed E-state index contributed by atoms with van der Waals surface area (Å²) in [6, 6.07) is 0. The van der Waals surface area contributed by atoms with E-state index in [9.17, 15) is 9.36 Å². The molecule has 7 heteroatoms. The maximum Gasteiger partial charge on any atom is 0.477 e. The molecular weight excluding hydrogens is 235 g/mol. The third kappa shape index (κ3) is 6.02. The summed E-state index contributed by atoms with van der Waals surface area (Å²) >= 11 is 0. The lowest BCUT2D eigenvalue weighted by Crippen LogP contribution is -2.17. The third-order valence-corrected chi connectivity index (χ3v) is 3.00. The van der Waals surface area contributed by atoms with Gasteiger partial charge >= 0.3 is 13.8 Å². The minimum atomic E-state index is -3.65. The van der Waals surface area contributed by atoms with Gasteiger partial charge in [0.25, 0.3) is 0 Å². The molecule has 0 aromatic heterocycles. The predicted octanol–water partition coefficient (Wildman–Crippen LogP) is 2.26. The zero-order chi connectivity index (χ0) is 12.6. The fourth-order valence-electron chi connectivity index (χ4n) is 0.829. The molecule has 0 saturated heterocycles. The largest absolute Gasteiger partial charge is 0.477 e. The molecule has 0 rings (SSSR count). The summed E-state index contributed by atoms with van der Waals surface area (Å²) in [5.74, 6) is -0.674. The number of hydrogen-bond donors (Lipinski definition) is 0. The Morgan fingerprint density at radius 1 is 1.38 bits per heavy atom. The fourth-order valence-corrected chi connectivity index (χ4v) is 2.06. The highest BCUT2D eigenvalue weighted by molar-refractivity contribution is 7.48. The lowest BCUT2D eigenvalue weighted by molar-refractivity contribution is -0.157. The standard InChI is InChI=1S/C9H17O6P/c1-5-9(10)14-8(4)15-16(11,12-6-2)13-7-3/h5,8H,1,6-7H2,2-4H3. The molecule has 16 heavy (non-hydrogen) atoms. The molecular formula is C9H17O6P. The van der Waals surface area contributed by atoms with Crippen LogP contribution in [0, 0.1) is 0 Å². The summed E-state index contributed by atoms with van der Waals surface area (Å²) < 4.78 is 31.1. The average Bonchev–Trinajstić information content (AvgIpc) is 2.17. The Bertz CT molecular complexity index is 267. The first-order valence-corrected chi connectivity index (χ1v) is 6.34. The van der Waals surface area contributed by atoms with Crippen molar-refractivity contribution in [2.24, 2.45) is 0 Å². The smallest absolute Gasteiger partial charge is 0.432 e. The van der Waals surface area contributed by atoms with E-state index in [1.54, 1.807) is 13.8 Å². The summed E-state index contributed by atoms with van der Waals surface area (Å²) in [5.41, 5.74) is 0. The zero-order valence-corrected chi connectivity index (χ0v) is 10.6. The lowest BCUT2D eigenvalue weighted by Gasteiger charge is -2.20. The molecule has 0 N–H and O–H groups in total. The summed E-state index contributed by atoms with van der Waals surface area (Å²) in [6.07, 6.45) is -0.0546. The van der Waals surface area contributed by atoms with Crippen LogP contribution >= 0.6 is 7.82 Å². The number of ether oxygens (including phenoxy) is 1. The Hall–Kier alpha value is -0.680. The van der Waals surface area contributed by atoms with Crippen LogP contribution in [0.1, 0.15) is 20.8 Å². The second kappa shape index (κ2) is 7.57. The van der Waals surface area contributed by atoms with Gasteiger partial charge in [0, 0.05) is 6.08 Å². The molecule has 94 valence electrons. The first-order chi connectivity index (χ1) is 7.47. The van der Waals surface area contributed by atoms with Gasteiger partial charge in [-0.2, -0.15) is 0 Å². The van der Waals surface area contributed by atoms with Crippen molar-refractivity contribution in [3.63, 3.8) is 0 Å². The number of hydrogen-bond acceptors (Lipinski definition) is 6. The van der Waals surface area contributed by atoms with Gasteiger partial charge in [-0.25, -0.2) is 13.9 Å². The van der Waals surface area contributed by atoms with Gasteiger partial charge in [-0.3, -0.25) is 9.05 Å². The third-order valence-electron chi connectivity index (χ3n) is 1.30. The Morgan fingerprint density at radius 2 is 1.88 bits per heavy atom. The van der Waals surface area contributed by atoms with E-state index in [4.69, 9.17) is 13.6 Å². The van der Waals surface area contributed by atoms with Crippen molar-refractivity contribution in [2.45, 2.75) is 27.1 Å². The monoisotopic (exact) mass is 252 g/mol. The van der Waals surface area contributed by atoms with Crippen LogP contribution in [0.2, 0.25) is 0 Å². The van der Waals surface area contributed by atoms with Gasteiger partial charge in [-0.1, -0.05) is 6.58 Å². The normalized spacial score (nSPS) is 13.2. The van der Waals surface area contributed by atoms with E-state index >= 15 is 0 Å². The average molecular weight is 252 g/mol. The minimum absolute atomic E-state index is 0.166. The van der Waals surface area contributed by atoms with E-state index in [0.717, 1.165) is 6.08 Å². The molecule has 0 aromatic carbocycles. The van der Waals surface area contributed by atoms with Crippen molar-refractivity contribution >= 4 is 13.8 Å². The molecule has 0 aliphatic rings. The van der Waals surface area contributed by atoms with Gasteiger partial charge in [0.05, 0.1) is 13.2 Å². The number of phosphoric ester groups is 1. The van der Waals surface area contributed by atoms with Gasteiger partial charge in [0.1, 0.15) is 0 Å². The van der Waals surface area contributed by atoms with Crippen LogP contribution in [0.5, 0.6) is 0 Å². The summed E-state index contributed by atoms with van der Waals surface area (Å²) in [7, 11) is -3.65.